The third-order valence-electron chi connectivity index (χ3n) is 2.19. The highest BCUT2D eigenvalue weighted by Gasteiger charge is 2.12. The summed E-state index contributed by atoms with van der Waals surface area (Å²) in [7, 11) is 0. The molecule has 2 rings (SSSR count). The molecule has 5 heteroatoms. The average molecular weight is 255 g/mol. The van der Waals surface area contributed by atoms with E-state index in [1.807, 2.05) is 24.3 Å². The summed E-state index contributed by atoms with van der Waals surface area (Å²) in [5, 5.41) is 3.74. The Bertz CT molecular complexity index is 497. The fourth-order valence-corrected chi connectivity index (χ4v) is 2.31. The topological polar surface area (TPSA) is 42.0 Å². The summed E-state index contributed by atoms with van der Waals surface area (Å²) in [5.74, 6) is 0.493. The van der Waals surface area contributed by atoms with E-state index in [0.29, 0.717) is 17.3 Å². The van der Waals surface area contributed by atoms with Crippen LogP contribution in [0.3, 0.4) is 0 Å². The maximum atomic E-state index is 11.8. The van der Waals surface area contributed by atoms with E-state index >= 15 is 0 Å². The molecule has 0 saturated carbocycles. The van der Waals surface area contributed by atoms with Gasteiger partial charge in [0.25, 0.3) is 5.91 Å². The predicted molar refractivity (Wildman–Crippen MR) is 67.3 cm³/mol. The van der Waals surface area contributed by atoms with Crippen LogP contribution in [0.2, 0.25) is 0 Å². The van der Waals surface area contributed by atoms with Crippen molar-refractivity contribution >= 4 is 39.9 Å². The maximum Gasteiger partial charge on any atom is 0.263 e. The van der Waals surface area contributed by atoms with E-state index in [1.165, 1.54) is 11.5 Å². The molecule has 3 nitrogen and oxygen atoms in total. The molecule has 2 aromatic rings. The quantitative estimate of drug-likeness (QED) is 0.673. The third kappa shape index (κ3) is 2.33. The number of hydrogen-bond acceptors (Lipinski definition) is 3. The second kappa shape index (κ2) is 5.27. The number of halogens is 1. The summed E-state index contributed by atoms with van der Waals surface area (Å²) in [4.78, 5) is 12.5. The van der Waals surface area contributed by atoms with Gasteiger partial charge in [-0.05, 0) is 24.0 Å². The van der Waals surface area contributed by atoms with Crippen molar-refractivity contribution in [2.45, 2.75) is 6.42 Å². The van der Waals surface area contributed by atoms with Crippen LogP contribution in [0.5, 0.6) is 0 Å². The zero-order valence-electron chi connectivity index (χ0n) is 8.57. The summed E-state index contributed by atoms with van der Waals surface area (Å²) in [6.45, 7) is 0.606. The van der Waals surface area contributed by atoms with Crippen molar-refractivity contribution < 1.29 is 4.79 Å². The molecule has 0 spiro atoms. The highest BCUT2D eigenvalue weighted by molar-refractivity contribution is 7.09. The van der Waals surface area contributed by atoms with E-state index in [0.717, 1.165) is 17.3 Å². The van der Waals surface area contributed by atoms with Crippen LogP contribution in [0, 0.1) is 0 Å². The Morgan fingerprint density at radius 2 is 2.25 bits per heavy atom. The van der Waals surface area contributed by atoms with Gasteiger partial charge in [-0.3, -0.25) is 4.79 Å². The molecule has 1 amide bonds. The molecule has 0 aliphatic carbocycles. The number of rotatable bonds is 4. The SMILES string of the molecule is O=C(NCCCCl)c1snc2ccccc12. The third-order valence-corrected chi connectivity index (χ3v) is 3.33. The number of carbonyl (C=O) groups excluding carboxylic acids is 1. The smallest absolute Gasteiger partial charge is 0.263 e. The Labute approximate surface area is 103 Å². The predicted octanol–water partition coefficient (Wildman–Crippen LogP) is 2.66. The van der Waals surface area contributed by atoms with Gasteiger partial charge in [0.1, 0.15) is 4.88 Å². The fraction of sp³-hybridized carbons (Fsp3) is 0.273. The number of fused-ring (bicyclic) bond motifs is 1. The molecule has 0 atom stereocenters. The number of aromatic nitrogens is 1. The lowest BCUT2D eigenvalue weighted by atomic mass is 10.2. The van der Waals surface area contributed by atoms with Crippen LogP contribution in [0.15, 0.2) is 24.3 Å². The van der Waals surface area contributed by atoms with Gasteiger partial charge in [-0.2, -0.15) is 4.37 Å². The molecular weight excluding hydrogens is 244 g/mol. The summed E-state index contributed by atoms with van der Waals surface area (Å²) in [5.41, 5.74) is 0.870. The summed E-state index contributed by atoms with van der Waals surface area (Å²) < 4.78 is 4.22. The molecule has 1 heterocycles. The lowest BCUT2D eigenvalue weighted by Crippen LogP contribution is -2.23. The molecule has 0 radical (unpaired) electrons. The van der Waals surface area contributed by atoms with Crippen molar-refractivity contribution in [2.24, 2.45) is 0 Å². The molecule has 0 fully saturated rings. The first-order chi connectivity index (χ1) is 7.83. The fourth-order valence-electron chi connectivity index (χ4n) is 1.40. The van der Waals surface area contributed by atoms with Crippen LogP contribution < -0.4 is 5.32 Å². The van der Waals surface area contributed by atoms with Crippen LogP contribution in [0.25, 0.3) is 10.9 Å². The minimum absolute atomic E-state index is 0.0659. The van der Waals surface area contributed by atoms with E-state index in [9.17, 15) is 4.79 Å². The van der Waals surface area contributed by atoms with Gasteiger partial charge in [0.2, 0.25) is 0 Å². The van der Waals surface area contributed by atoms with Crippen molar-refractivity contribution in [3.8, 4) is 0 Å². The first-order valence-electron chi connectivity index (χ1n) is 5.01. The van der Waals surface area contributed by atoms with Crippen LogP contribution in [0.1, 0.15) is 16.1 Å². The number of hydrogen-bond donors (Lipinski definition) is 1. The van der Waals surface area contributed by atoms with E-state index in [1.54, 1.807) is 0 Å². The normalized spacial score (nSPS) is 10.6. The van der Waals surface area contributed by atoms with Gasteiger partial charge >= 0.3 is 0 Å². The first kappa shape index (κ1) is 11.4. The van der Waals surface area contributed by atoms with Crippen LogP contribution >= 0.6 is 23.1 Å². The lowest BCUT2D eigenvalue weighted by Gasteiger charge is -2.01. The van der Waals surface area contributed by atoms with E-state index in [-0.39, 0.29) is 5.91 Å². The van der Waals surface area contributed by atoms with Gasteiger partial charge in [-0.25, -0.2) is 0 Å². The minimum atomic E-state index is -0.0659. The number of nitrogens with one attached hydrogen (secondary N) is 1. The Morgan fingerprint density at radius 1 is 1.44 bits per heavy atom. The molecule has 0 bridgehead atoms. The Hall–Kier alpha value is -1.13. The van der Waals surface area contributed by atoms with Gasteiger partial charge in [0, 0.05) is 17.8 Å². The number of nitrogens with zero attached hydrogens (tertiary/aromatic N) is 1. The summed E-state index contributed by atoms with van der Waals surface area (Å²) in [6, 6.07) is 7.64. The second-order valence-corrected chi connectivity index (χ2v) is 4.48. The van der Waals surface area contributed by atoms with Crippen LogP contribution in [0.4, 0.5) is 0 Å². The summed E-state index contributed by atoms with van der Waals surface area (Å²) >= 11 is 6.78. The molecule has 1 aromatic heterocycles. The van der Waals surface area contributed by atoms with Gasteiger partial charge in [0.15, 0.2) is 0 Å². The number of carbonyl (C=O) groups is 1. The van der Waals surface area contributed by atoms with Crippen molar-refractivity contribution in [1.82, 2.24) is 9.69 Å². The Kier molecular flexibility index (Phi) is 3.74. The van der Waals surface area contributed by atoms with E-state index in [4.69, 9.17) is 11.6 Å². The van der Waals surface area contributed by atoms with Crippen molar-refractivity contribution in [3.63, 3.8) is 0 Å². The van der Waals surface area contributed by atoms with Crippen molar-refractivity contribution in [2.75, 3.05) is 12.4 Å². The van der Waals surface area contributed by atoms with Gasteiger partial charge in [-0.15, -0.1) is 11.6 Å². The highest BCUT2D eigenvalue weighted by Crippen LogP contribution is 2.21. The van der Waals surface area contributed by atoms with Gasteiger partial charge in [0.05, 0.1) is 5.52 Å². The zero-order valence-corrected chi connectivity index (χ0v) is 10.1. The maximum absolute atomic E-state index is 11.8. The molecular formula is C11H11ClN2OS. The van der Waals surface area contributed by atoms with Gasteiger partial charge < -0.3 is 5.32 Å². The van der Waals surface area contributed by atoms with E-state index in [2.05, 4.69) is 9.69 Å². The average Bonchev–Trinajstić information content (AvgIpc) is 2.73. The van der Waals surface area contributed by atoms with Crippen molar-refractivity contribution in [1.29, 1.82) is 0 Å². The van der Waals surface area contributed by atoms with Crippen LogP contribution in [-0.2, 0) is 0 Å². The molecule has 0 saturated heterocycles. The van der Waals surface area contributed by atoms with Gasteiger partial charge in [-0.1, -0.05) is 18.2 Å². The molecule has 84 valence electrons. The monoisotopic (exact) mass is 254 g/mol. The molecule has 0 unspecified atom stereocenters. The molecule has 1 aromatic carbocycles. The van der Waals surface area contributed by atoms with E-state index < -0.39 is 0 Å². The van der Waals surface area contributed by atoms with Crippen molar-refractivity contribution in [3.05, 3.63) is 29.1 Å². The molecule has 16 heavy (non-hydrogen) atoms. The molecule has 1 N–H and O–H groups in total. The number of alkyl halides is 1. The molecule has 0 aliphatic heterocycles. The largest absolute Gasteiger partial charge is 0.351 e. The van der Waals surface area contributed by atoms with Crippen LogP contribution in [-0.4, -0.2) is 22.7 Å². The first-order valence-corrected chi connectivity index (χ1v) is 6.32. The standard InChI is InChI=1S/C11H11ClN2OS/c12-6-3-7-13-11(15)10-8-4-1-2-5-9(8)14-16-10/h1-2,4-5H,3,6-7H2,(H,13,15). The number of amides is 1. The Balaban J connectivity index is 2.17. The highest BCUT2D eigenvalue weighted by atomic mass is 35.5. The number of benzene rings is 1. The molecule has 0 aliphatic rings. The second-order valence-electron chi connectivity index (χ2n) is 3.33. The summed E-state index contributed by atoms with van der Waals surface area (Å²) in [6.07, 6.45) is 0.782. The minimum Gasteiger partial charge on any atom is -0.351 e. The Morgan fingerprint density at radius 3 is 3.06 bits per heavy atom. The lowest BCUT2D eigenvalue weighted by molar-refractivity contribution is 0.0959. The zero-order chi connectivity index (χ0) is 11.4.